The van der Waals surface area contributed by atoms with Gasteiger partial charge in [0, 0.05) is 38.4 Å². The van der Waals surface area contributed by atoms with E-state index in [1.54, 1.807) is 6.20 Å². The third-order valence-electron chi connectivity index (χ3n) is 4.82. The van der Waals surface area contributed by atoms with E-state index in [0.29, 0.717) is 11.8 Å². The Labute approximate surface area is 126 Å². The molecular weight excluding hydrogens is 262 g/mol. The lowest BCUT2D eigenvalue weighted by molar-refractivity contribution is -0.135. The standard InChI is InChI=1S/C17H25N3O/c21-17(11-14-5-2-1-3-6-14)20-10-9-19-13-16(20)15-7-4-8-18-12-15/h4,7-8,12,14,16,19H,1-3,5-6,9-11,13H2. The van der Waals surface area contributed by atoms with Crippen molar-refractivity contribution in [3.63, 3.8) is 0 Å². The highest BCUT2D eigenvalue weighted by Crippen LogP contribution is 2.29. The molecule has 1 aliphatic carbocycles. The predicted octanol–water partition coefficient (Wildman–Crippen LogP) is 2.52. The average molecular weight is 287 g/mol. The minimum Gasteiger partial charge on any atom is -0.333 e. The Morgan fingerprint density at radius 3 is 2.95 bits per heavy atom. The summed E-state index contributed by atoms with van der Waals surface area (Å²) in [5.41, 5.74) is 1.14. The Morgan fingerprint density at radius 2 is 2.19 bits per heavy atom. The molecule has 21 heavy (non-hydrogen) atoms. The normalized spacial score (nSPS) is 24.0. The Morgan fingerprint density at radius 1 is 1.33 bits per heavy atom. The average Bonchev–Trinajstić information content (AvgIpc) is 2.56. The van der Waals surface area contributed by atoms with Gasteiger partial charge in [0.25, 0.3) is 0 Å². The number of hydrogen-bond donors (Lipinski definition) is 1. The molecule has 1 amide bonds. The molecule has 4 heteroatoms. The number of pyridine rings is 1. The first-order valence-electron chi connectivity index (χ1n) is 8.24. The lowest BCUT2D eigenvalue weighted by atomic mass is 9.86. The molecule has 3 rings (SSSR count). The molecule has 0 aromatic carbocycles. The van der Waals surface area contributed by atoms with Crippen LogP contribution in [0.15, 0.2) is 24.5 Å². The summed E-state index contributed by atoms with van der Waals surface area (Å²) in [7, 11) is 0. The van der Waals surface area contributed by atoms with Crippen LogP contribution in [0.3, 0.4) is 0 Å². The van der Waals surface area contributed by atoms with Crippen molar-refractivity contribution in [1.29, 1.82) is 0 Å². The first kappa shape index (κ1) is 14.5. The predicted molar refractivity (Wildman–Crippen MR) is 82.8 cm³/mol. The molecular formula is C17H25N3O. The van der Waals surface area contributed by atoms with Gasteiger partial charge in [-0.1, -0.05) is 25.3 Å². The van der Waals surface area contributed by atoms with Crippen LogP contribution in [-0.4, -0.2) is 35.4 Å². The number of piperazine rings is 1. The van der Waals surface area contributed by atoms with E-state index in [4.69, 9.17) is 0 Å². The molecule has 1 N–H and O–H groups in total. The van der Waals surface area contributed by atoms with Gasteiger partial charge in [0.15, 0.2) is 0 Å². The smallest absolute Gasteiger partial charge is 0.223 e. The minimum atomic E-state index is 0.142. The Bertz CT molecular complexity index is 456. The van der Waals surface area contributed by atoms with Crippen LogP contribution < -0.4 is 5.32 Å². The fraction of sp³-hybridized carbons (Fsp3) is 0.647. The Hall–Kier alpha value is -1.42. The number of amides is 1. The number of carbonyl (C=O) groups excluding carboxylic acids is 1. The first-order chi connectivity index (χ1) is 10.3. The summed E-state index contributed by atoms with van der Waals surface area (Å²) in [6.07, 6.45) is 10.8. The largest absolute Gasteiger partial charge is 0.333 e. The molecule has 2 aliphatic rings. The van der Waals surface area contributed by atoms with Gasteiger partial charge in [0.1, 0.15) is 0 Å². The van der Waals surface area contributed by atoms with Crippen molar-refractivity contribution in [2.75, 3.05) is 19.6 Å². The summed E-state index contributed by atoms with van der Waals surface area (Å²) in [6.45, 7) is 2.54. The fourth-order valence-electron chi connectivity index (χ4n) is 3.63. The quantitative estimate of drug-likeness (QED) is 0.929. The molecule has 1 saturated heterocycles. The van der Waals surface area contributed by atoms with Crippen LogP contribution in [0.4, 0.5) is 0 Å². The first-order valence-corrected chi connectivity index (χ1v) is 8.24. The maximum Gasteiger partial charge on any atom is 0.223 e. The van der Waals surface area contributed by atoms with Gasteiger partial charge >= 0.3 is 0 Å². The molecule has 1 aliphatic heterocycles. The number of rotatable bonds is 3. The van der Waals surface area contributed by atoms with Gasteiger partial charge in [0.05, 0.1) is 6.04 Å². The molecule has 1 unspecified atom stereocenters. The summed E-state index contributed by atoms with van der Waals surface area (Å²) in [5.74, 6) is 0.938. The fourth-order valence-corrected chi connectivity index (χ4v) is 3.63. The van der Waals surface area contributed by atoms with Crippen LogP contribution in [0.1, 0.15) is 50.1 Å². The van der Waals surface area contributed by atoms with Crippen molar-refractivity contribution in [2.45, 2.75) is 44.6 Å². The lowest BCUT2D eigenvalue weighted by Gasteiger charge is -2.37. The number of carbonyl (C=O) groups is 1. The zero-order valence-electron chi connectivity index (χ0n) is 12.6. The second-order valence-corrected chi connectivity index (χ2v) is 6.30. The van der Waals surface area contributed by atoms with Crippen molar-refractivity contribution in [2.24, 2.45) is 5.92 Å². The minimum absolute atomic E-state index is 0.142. The molecule has 1 saturated carbocycles. The van der Waals surface area contributed by atoms with E-state index in [9.17, 15) is 4.79 Å². The molecule has 114 valence electrons. The Kier molecular flexibility index (Phi) is 4.86. The van der Waals surface area contributed by atoms with Gasteiger partial charge in [-0.25, -0.2) is 0 Å². The molecule has 2 fully saturated rings. The molecule has 0 bridgehead atoms. The topological polar surface area (TPSA) is 45.2 Å². The highest BCUT2D eigenvalue weighted by Gasteiger charge is 2.29. The van der Waals surface area contributed by atoms with E-state index in [2.05, 4.69) is 21.3 Å². The van der Waals surface area contributed by atoms with Gasteiger partial charge in [-0.2, -0.15) is 0 Å². The van der Waals surface area contributed by atoms with Crippen molar-refractivity contribution in [1.82, 2.24) is 15.2 Å². The van der Waals surface area contributed by atoms with Crippen molar-refractivity contribution >= 4 is 5.91 Å². The molecule has 0 radical (unpaired) electrons. The molecule has 1 aromatic rings. The van der Waals surface area contributed by atoms with Crippen LogP contribution in [-0.2, 0) is 4.79 Å². The van der Waals surface area contributed by atoms with Gasteiger partial charge in [-0.15, -0.1) is 0 Å². The zero-order chi connectivity index (χ0) is 14.5. The third kappa shape index (κ3) is 3.62. The van der Waals surface area contributed by atoms with Gasteiger partial charge < -0.3 is 10.2 Å². The third-order valence-corrected chi connectivity index (χ3v) is 4.82. The molecule has 1 aromatic heterocycles. The number of hydrogen-bond acceptors (Lipinski definition) is 3. The summed E-state index contributed by atoms with van der Waals surface area (Å²) in [6, 6.07) is 4.17. The van der Waals surface area contributed by atoms with E-state index >= 15 is 0 Å². The molecule has 1 atom stereocenters. The highest BCUT2D eigenvalue weighted by atomic mass is 16.2. The van der Waals surface area contributed by atoms with Crippen LogP contribution >= 0.6 is 0 Å². The van der Waals surface area contributed by atoms with E-state index < -0.39 is 0 Å². The second-order valence-electron chi connectivity index (χ2n) is 6.30. The summed E-state index contributed by atoms with van der Waals surface area (Å²) in [4.78, 5) is 19.0. The molecule has 0 spiro atoms. The summed E-state index contributed by atoms with van der Waals surface area (Å²) < 4.78 is 0. The van der Waals surface area contributed by atoms with Gasteiger partial charge in [-0.05, 0) is 30.4 Å². The van der Waals surface area contributed by atoms with Crippen LogP contribution in [0.2, 0.25) is 0 Å². The summed E-state index contributed by atoms with van der Waals surface area (Å²) in [5, 5.41) is 3.40. The Balaban J connectivity index is 1.67. The van der Waals surface area contributed by atoms with Gasteiger partial charge in [-0.3, -0.25) is 9.78 Å². The number of aromatic nitrogens is 1. The summed E-state index contributed by atoms with van der Waals surface area (Å²) >= 11 is 0. The van der Waals surface area contributed by atoms with E-state index in [1.165, 1.54) is 32.1 Å². The zero-order valence-corrected chi connectivity index (χ0v) is 12.6. The number of nitrogens with one attached hydrogen (secondary N) is 1. The van der Waals surface area contributed by atoms with E-state index in [1.807, 2.05) is 12.3 Å². The monoisotopic (exact) mass is 287 g/mol. The van der Waals surface area contributed by atoms with Crippen LogP contribution in [0.5, 0.6) is 0 Å². The van der Waals surface area contributed by atoms with Crippen molar-refractivity contribution in [3.05, 3.63) is 30.1 Å². The number of nitrogens with zero attached hydrogens (tertiary/aromatic N) is 2. The lowest BCUT2D eigenvalue weighted by Crippen LogP contribution is -2.49. The molecule has 4 nitrogen and oxygen atoms in total. The molecule has 2 heterocycles. The van der Waals surface area contributed by atoms with Gasteiger partial charge in [0.2, 0.25) is 5.91 Å². The maximum absolute atomic E-state index is 12.7. The maximum atomic E-state index is 12.7. The van der Waals surface area contributed by atoms with E-state index in [0.717, 1.165) is 31.6 Å². The van der Waals surface area contributed by atoms with Crippen molar-refractivity contribution in [3.8, 4) is 0 Å². The second kappa shape index (κ2) is 7.03. The highest BCUT2D eigenvalue weighted by molar-refractivity contribution is 5.77. The van der Waals surface area contributed by atoms with Crippen LogP contribution in [0, 0.1) is 5.92 Å². The SMILES string of the molecule is O=C(CC1CCCCC1)N1CCNCC1c1cccnc1. The van der Waals surface area contributed by atoms with E-state index in [-0.39, 0.29) is 6.04 Å². The van der Waals surface area contributed by atoms with Crippen LogP contribution in [0.25, 0.3) is 0 Å². The van der Waals surface area contributed by atoms with Crippen molar-refractivity contribution < 1.29 is 4.79 Å².